The maximum Gasteiger partial charge on any atom is 0.246 e. The predicted octanol–water partition coefficient (Wildman–Crippen LogP) is 3.95. The largest absolute Gasteiger partial charge is 0.273 e. The number of aromatic nitrogens is 1. The topological polar surface area (TPSA) is 54.4 Å². The summed E-state index contributed by atoms with van der Waals surface area (Å²) in [5.74, 6) is -0.206. The first-order valence-corrected chi connectivity index (χ1v) is 8.20. The van der Waals surface area contributed by atoms with Gasteiger partial charge >= 0.3 is 0 Å². The second kappa shape index (κ2) is 6.89. The van der Waals surface area contributed by atoms with E-state index in [1.165, 1.54) is 17.7 Å². The molecule has 1 N–H and O–H groups in total. The number of carbonyl (C=O) groups excluding carboxylic acids is 1. The molecule has 0 spiro atoms. The van der Waals surface area contributed by atoms with Crippen LogP contribution in [0.5, 0.6) is 0 Å². The molecule has 116 valence electrons. The van der Waals surface area contributed by atoms with Gasteiger partial charge in [0.1, 0.15) is 0 Å². The van der Waals surface area contributed by atoms with Gasteiger partial charge in [0.2, 0.25) is 5.91 Å². The van der Waals surface area contributed by atoms with Gasteiger partial charge in [0, 0.05) is 16.0 Å². The highest BCUT2D eigenvalue weighted by Crippen LogP contribution is 2.24. The van der Waals surface area contributed by atoms with E-state index in [2.05, 4.69) is 21.0 Å². The van der Waals surface area contributed by atoms with E-state index in [0.717, 1.165) is 26.9 Å². The third-order valence-electron chi connectivity index (χ3n) is 3.33. The van der Waals surface area contributed by atoms with Gasteiger partial charge in [-0.15, -0.1) is 0 Å². The highest BCUT2D eigenvalue weighted by atomic mass is 35.5. The molecule has 0 radical (unpaired) electrons. The fourth-order valence-corrected chi connectivity index (χ4v) is 3.14. The van der Waals surface area contributed by atoms with E-state index in [-0.39, 0.29) is 12.3 Å². The summed E-state index contributed by atoms with van der Waals surface area (Å²) in [5, 5.41) is 5.56. The summed E-state index contributed by atoms with van der Waals surface area (Å²) in [4.78, 5) is 12.0. The number of halogens is 1. The molecule has 0 aliphatic carbocycles. The van der Waals surface area contributed by atoms with Crippen LogP contribution < -0.4 is 5.43 Å². The lowest BCUT2D eigenvalue weighted by Gasteiger charge is -2.00. The molecular formula is C17H14ClN3OS. The SMILES string of the molecule is Cc1ccc2snc(CC(=O)N/N=C/c3ccccc3Cl)c2c1. The Morgan fingerprint density at radius 1 is 1.35 bits per heavy atom. The van der Waals surface area contributed by atoms with E-state index in [1.807, 2.05) is 37.3 Å². The van der Waals surface area contributed by atoms with Gasteiger partial charge in [0.15, 0.2) is 0 Å². The Morgan fingerprint density at radius 3 is 3.00 bits per heavy atom. The number of carbonyl (C=O) groups is 1. The molecule has 3 rings (SSSR count). The Hall–Kier alpha value is -2.24. The number of fused-ring (bicyclic) bond motifs is 1. The second-order valence-corrected chi connectivity index (χ2v) is 6.33. The minimum atomic E-state index is -0.206. The van der Waals surface area contributed by atoms with Gasteiger partial charge in [0.25, 0.3) is 0 Å². The van der Waals surface area contributed by atoms with Crippen molar-refractivity contribution < 1.29 is 4.79 Å². The first-order valence-electron chi connectivity index (χ1n) is 7.05. The number of benzene rings is 2. The minimum Gasteiger partial charge on any atom is -0.273 e. The Balaban J connectivity index is 1.67. The van der Waals surface area contributed by atoms with Gasteiger partial charge in [-0.1, -0.05) is 41.4 Å². The molecule has 1 heterocycles. The van der Waals surface area contributed by atoms with Crippen molar-refractivity contribution in [3.8, 4) is 0 Å². The van der Waals surface area contributed by atoms with Gasteiger partial charge in [0.05, 0.1) is 23.0 Å². The molecule has 0 saturated carbocycles. The standard InChI is InChI=1S/C17H14ClN3OS/c1-11-6-7-16-13(8-11)15(21-23-16)9-17(22)20-19-10-12-4-2-3-5-14(12)18/h2-8,10H,9H2,1H3,(H,20,22)/b19-10+. The summed E-state index contributed by atoms with van der Waals surface area (Å²) < 4.78 is 5.45. The number of nitrogens with one attached hydrogen (secondary N) is 1. The number of hydrogen-bond acceptors (Lipinski definition) is 4. The van der Waals surface area contributed by atoms with E-state index in [1.54, 1.807) is 6.07 Å². The normalized spacial score (nSPS) is 11.2. The zero-order chi connectivity index (χ0) is 16.2. The quantitative estimate of drug-likeness (QED) is 0.576. The predicted molar refractivity (Wildman–Crippen MR) is 95.2 cm³/mol. The summed E-state index contributed by atoms with van der Waals surface area (Å²) in [5.41, 5.74) is 5.19. The van der Waals surface area contributed by atoms with Crippen LogP contribution in [0.4, 0.5) is 0 Å². The lowest BCUT2D eigenvalue weighted by Crippen LogP contribution is -2.20. The zero-order valence-corrected chi connectivity index (χ0v) is 14.0. The number of rotatable bonds is 4. The summed E-state index contributed by atoms with van der Waals surface area (Å²) in [6.45, 7) is 2.02. The summed E-state index contributed by atoms with van der Waals surface area (Å²) in [6, 6.07) is 13.4. The van der Waals surface area contributed by atoms with Crippen molar-refractivity contribution in [2.75, 3.05) is 0 Å². The Bertz CT molecular complexity index is 888. The van der Waals surface area contributed by atoms with Gasteiger partial charge in [-0.25, -0.2) is 5.43 Å². The van der Waals surface area contributed by atoms with Crippen molar-refractivity contribution in [3.05, 3.63) is 64.3 Å². The number of nitrogens with zero attached hydrogens (tertiary/aromatic N) is 2. The molecule has 0 saturated heterocycles. The van der Waals surface area contributed by atoms with Crippen LogP contribution in [-0.4, -0.2) is 16.5 Å². The van der Waals surface area contributed by atoms with Gasteiger partial charge in [-0.2, -0.15) is 9.47 Å². The first-order chi connectivity index (χ1) is 11.1. The molecule has 0 unspecified atom stereocenters. The molecule has 0 aliphatic rings. The van der Waals surface area contributed by atoms with E-state index in [0.29, 0.717) is 5.02 Å². The molecule has 1 aromatic heterocycles. The van der Waals surface area contributed by atoms with Crippen LogP contribution in [0.3, 0.4) is 0 Å². The van der Waals surface area contributed by atoms with Crippen molar-refractivity contribution in [1.29, 1.82) is 0 Å². The molecule has 0 aliphatic heterocycles. The zero-order valence-electron chi connectivity index (χ0n) is 12.4. The smallest absolute Gasteiger partial charge is 0.246 e. The average Bonchev–Trinajstić information content (AvgIpc) is 2.91. The third kappa shape index (κ3) is 3.75. The lowest BCUT2D eigenvalue weighted by molar-refractivity contribution is -0.120. The maximum absolute atomic E-state index is 12.0. The molecule has 1 amide bonds. The molecule has 6 heteroatoms. The molecular weight excluding hydrogens is 330 g/mol. The Kier molecular flexibility index (Phi) is 4.69. The van der Waals surface area contributed by atoms with E-state index >= 15 is 0 Å². The van der Waals surface area contributed by atoms with Crippen molar-refractivity contribution in [1.82, 2.24) is 9.80 Å². The van der Waals surface area contributed by atoms with Crippen LogP contribution in [0.15, 0.2) is 47.6 Å². The number of amides is 1. The van der Waals surface area contributed by atoms with Crippen molar-refractivity contribution in [3.63, 3.8) is 0 Å². The van der Waals surface area contributed by atoms with Crippen LogP contribution in [0.25, 0.3) is 10.1 Å². The molecule has 2 aromatic carbocycles. The van der Waals surface area contributed by atoms with Crippen molar-refractivity contribution >= 4 is 45.3 Å². The van der Waals surface area contributed by atoms with Crippen LogP contribution in [-0.2, 0) is 11.2 Å². The molecule has 0 bridgehead atoms. The van der Waals surface area contributed by atoms with Gasteiger partial charge in [-0.3, -0.25) is 4.79 Å². The molecule has 3 aromatic rings. The van der Waals surface area contributed by atoms with Crippen molar-refractivity contribution in [2.24, 2.45) is 5.10 Å². The van der Waals surface area contributed by atoms with E-state index in [9.17, 15) is 4.79 Å². The van der Waals surface area contributed by atoms with Crippen LogP contribution in [0.2, 0.25) is 5.02 Å². The number of hydrazone groups is 1. The number of aryl methyl sites for hydroxylation is 1. The Morgan fingerprint density at radius 2 is 2.17 bits per heavy atom. The van der Waals surface area contributed by atoms with Crippen LogP contribution >= 0.6 is 23.1 Å². The highest BCUT2D eigenvalue weighted by Gasteiger charge is 2.10. The maximum atomic E-state index is 12.0. The fraction of sp³-hybridized carbons (Fsp3) is 0.118. The third-order valence-corrected chi connectivity index (χ3v) is 4.53. The van der Waals surface area contributed by atoms with E-state index in [4.69, 9.17) is 11.6 Å². The molecule has 4 nitrogen and oxygen atoms in total. The number of hydrogen-bond donors (Lipinski definition) is 1. The summed E-state index contributed by atoms with van der Waals surface area (Å²) in [7, 11) is 0. The Labute approximate surface area is 143 Å². The van der Waals surface area contributed by atoms with Gasteiger partial charge in [-0.05, 0) is 36.7 Å². The minimum absolute atomic E-state index is 0.198. The van der Waals surface area contributed by atoms with E-state index < -0.39 is 0 Å². The lowest BCUT2D eigenvalue weighted by atomic mass is 10.1. The van der Waals surface area contributed by atoms with Crippen LogP contribution in [0, 0.1) is 6.92 Å². The summed E-state index contributed by atoms with van der Waals surface area (Å²) >= 11 is 7.42. The fourth-order valence-electron chi connectivity index (χ4n) is 2.18. The monoisotopic (exact) mass is 343 g/mol. The van der Waals surface area contributed by atoms with Gasteiger partial charge < -0.3 is 0 Å². The summed E-state index contributed by atoms with van der Waals surface area (Å²) in [6.07, 6.45) is 1.73. The van der Waals surface area contributed by atoms with Crippen molar-refractivity contribution in [2.45, 2.75) is 13.3 Å². The molecule has 23 heavy (non-hydrogen) atoms. The van der Waals surface area contributed by atoms with Crippen LogP contribution in [0.1, 0.15) is 16.8 Å². The first kappa shape index (κ1) is 15.6. The molecule has 0 fully saturated rings. The molecule has 0 atom stereocenters. The highest BCUT2D eigenvalue weighted by molar-refractivity contribution is 7.13. The average molecular weight is 344 g/mol. The second-order valence-electron chi connectivity index (χ2n) is 5.12.